The molecule has 1 saturated heterocycles. The highest BCUT2D eigenvalue weighted by Crippen LogP contribution is 2.49. The fourth-order valence-corrected chi connectivity index (χ4v) is 5.55. The van der Waals surface area contributed by atoms with Gasteiger partial charge in [-0.2, -0.15) is 0 Å². The zero-order valence-electron chi connectivity index (χ0n) is 20.1. The summed E-state index contributed by atoms with van der Waals surface area (Å²) in [5, 5.41) is 0. The predicted octanol–water partition coefficient (Wildman–Crippen LogP) is 6.34. The Morgan fingerprint density at radius 2 is 2.00 bits per heavy atom. The van der Waals surface area contributed by atoms with E-state index < -0.39 is 0 Å². The molecular weight excluding hydrogens is 400 g/mol. The summed E-state index contributed by atoms with van der Waals surface area (Å²) in [4.78, 5) is 12.9. The van der Waals surface area contributed by atoms with Crippen LogP contribution in [-0.2, 0) is 14.3 Å². The van der Waals surface area contributed by atoms with Gasteiger partial charge in [0.05, 0.1) is 19.8 Å². The highest BCUT2D eigenvalue weighted by Gasteiger charge is 2.42. The second kappa shape index (κ2) is 8.99. The molecule has 2 aliphatic carbocycles. The summed E-state index contributed by atoms with van der Waals surface area (Å²) in [5.41, 5.74) is 5.58. The van der Waals surface area contributed by atoms with Crippen LogP contribution in [0.4, 0.5) is 0 Å². The van der Waals surface area contributed by atoms with Crippen LogP contribution >= 0.6 is 0 Å². The molecule has 4 atom stereocenters. The zero-order chi connectivity index (χ0) is 23.0. The number of carbonyl (C=O) groups is 1. The third-order valence-corrected chi connectivity index (χ3v) is 7.84. The van der Waals surface area contributed by atoms with Crippen molar-refractivity contribution in [2.75, 3.05) is 13.7 Å². The van der Waals surface area contributed by atoms with Gasteiger partial charge in [0.15, 0.2) is 12.1 Å². The van der Waals surface area contributed by atoms with E-state index in [9.17, 15) is 4.79 Å². The Bertz CT molecular complexity index is 952. The van der Waals surface area contributed by atoms with Crippen molar-refractivity contribution in [2.45, 2.75) is 65.8 Å². The van der Waals surface area contributed by atoms with Gasteiger partial charge in [0.25, 0.3) is 0 Å². The van der Waals surface area contributed by atoms with Crippen molar-refractivity contribution in [1.82, 2.24) is 0 Å². The number of benzene rings is 1. The van der Waals surface area contributed by atoms with Gasteiger partial charge in [-0.1, -0.05) is 50.1 Å². The maximum Gasteiger partial charge on any atom is 0.184 e. The fourth-order valence-electron chi connectivity index (χ4n) is 5.55. The van der Waals surface area contributed by atoms with Crippen LogP contribution in [0.3, 0.4) is 0 Å². The minimum atomic E-state index is -0.386. The van der Waals surface area contributed by atoms with Crippen molar-refractivity contribution < 1.29 is 19.0 Å². The van der Waals surface area contributed by atoms with Gasteiger partial charge in [0.1, 0.15) is 5.75 Å². The molecule has 172 valence electrons. The highest BCUT2D eigenvalue weighted by atomic mass is 16.7. The molecule has 0 bridgehead atoms. The third-order valence-electron chi connectivity index (χ3n) is 7.84. The van der Waals surface area contributed by atoms with E-state index in [4.69, 9.17) is 14.2 Å². The topological polar surface area (TPSA) is 44.8 Å². The van der Waals surface area contributed by atoms with Crippen molar-refractivity contribution in [3.05, 3.63) is 64.8 Å². The van der Waals surface area contributed by atoms with Crippen LogP contribution in [0.2, 0.25) is 0 Å². The Balaban J connectivity index is 1.63. The van der Waals surface area contributed by atoms with Crippen molar-refractivity contribution in [3.63, 3.8) is 0 Å². The monoisotopic (exact) mass is 436 g/mol. The summed E-state index contributed by atoms with van der Waals surface area (Å²) in [5.74, 6) is 1.95. The largest absolute Gasteiger partial charge is 0.497 e. The Morgan fingerprint density at radius 1 is 1.28 bits per heavy atom. The number of rotatable bonds is 6. The van der Waals surface area contributed by atoms with Crippen LogP contribution in [0.15, 0.2) is 59.2 Å². The molecule has 1 heterocycles. The Hall–Kier alpha value is -2.17. The molecule has 0 unspecified atom stereocenters. The number of ketones is 1. The molecule has 1 aromatic carbocycles. The number of Topliss-reactive ketones (excluding diaryl/α,β-unsaturated/α-hetero) is 1. The van der Waals surface area contributed by atoms with Gasteiger partial charge < -0.3 is 14.2 Å². The van der Waals surface area contributed by atoms with Crippen LogP contribution in [0, 0.1) is 17.3 Å². The SMILES string of the molecule is C=C[C@]1(C)CC[C@@H]2O[C@H](c3ccc(OC)cc3)OCC2=C1CC1=C(C)[C@@H](C(C)C)CC1=O. The molecule has 0 spiro atoms. The third kappa shape index (κ3) is 4.11. The van der Waals surface area contributed by atoms with E-state index in [0.717, 1.165) is 29.7 Å². The first kappa shape index (κ1) is 23.0. The molecule has 0 amide bonds. The van der Waals surface area contributed by atoms with Gasteiger partial charge in [0, 0.05) is 17.4 Å². The molecule has 1 aliphatic heterocycles. The molecule has 4 rings (SSSR count). The summed E-state index contributed by atoms with van der Waals surface area (Å²) in [6, 6.07) is 7.85. The van der Waals surface area contributed by atoms with Crippen molar-refractivity contribution in [1.29, 1.82) is 0 Å². The lowest BCUT2D eigenvalue weighted by Gasteiger charge is -2.44. The van der Waals surface area contributed by atoms with Gasteiger partial charge in [0.2, 0.25) is 0 Å². The van der Waals surface area contributed by atoms with Gasteiger partial charge in [-0.3, -0.25) is 4.79 Å². The quantitative estimate of drug-likeness (QED) is 0.488. The van der Waals surface area contributed by atoms with Crippen LogP contribution in [0.1, 0.15) is 65.2 Å². The maximum atomic E-state index is 12.9. The highest BCUT2D eigenvalue weighted by molar-refractivity contribution is 5.99. The lowest BCUT2D eigenvalue weighted by atomic mass is 9.68. The number of fused-ring (bicyclic) bond motifs is 1. The molecule has 3 aliphatic rings. The molecule has 1 aromatic rings. The normalized spacial score (nSPS) is 30.7. The minimum Gasteiger partial charge on any atom is -0.497 e. The van der Waals surface area contributed by atoms with Gasteiger partial charge in [-0.25, -0.2) is 0 Å². The summed E-state index contributed by atoms with van der Waals surface area (Å²) in [7, 11) is 1.66. The molecule has 0 radical (unpaired) electrons. The second-order valence-electron chi connectivity index (χ2n) is 10.0. The number of ether oxygens (including phenoxy) is 3. The molecular formula is C28H36O4. The summed E-state index contributed by atoms with van der Waals surface area (Å²) >= 11 is 0. The van der Waals surface area contributed by atoms with Gasteiger partial charge >= 0.3 is 0 Å². The molecule has 32 heavy (non-hydrogen) atoms. The summed E-state index contributed by atoms with van der Waals surface area (Å²) in [6.07, 6.45) is 4.89. The molecule has 0 aromatic heterocycles. The lowest BCUT2D eigenvalue weighted by Crippen LogP contribution is -2.38. The average molecular weight is 437 g/mol. The minimum absolute atomic E-state index is 0.0113. The lowest BCUT2D eigenvalue weighted by molar-refractivity contribution is -0.197. The number of carbonyl (C=O) groups excluding carboxylic acids is 1. The van der Waals surface area contributed by atoms with E-state index >= 15 is 0 Å². The van der Waals surface area contributed by atoms with E-state index in [1.165, 1.54) is 16.7 Å². The first-order valence-corrected chi connectivity index (χ1v) is 11.8. The maximum absolute atomic E-state index is 12.9. The smallest absolute Gasteiger partial charge is 0.184 e. The summed E-state index contributed by atoms with van der Waals surface area (Å²) < 4.78 is 17.9. The van der Waals surface area contributed by atoms with Gasteiger partial charge in [-0.15, -0.1) is 6.58 Å². The standard InChI is InChI=1S/C28H36O4/c1-7-28(5)13-12-26-23(16-31-27(32-26)19-8-10-20(30-6)11-9-19)24(28)14-22-18(4)21(17(2)3)15-25(22)29/h7-11,17,21,26-27H,1,12-16H2,2-6H3/t21-,26+,27-,28-/m1/s1. The van der Waals surface area contributed by atoms with E-state index in [1.807, 2.05) is 24.3 Å². The number of hydrogen-bond acceptors (Lipinski definition) is 4. The number of allylic oxidation sites excluding steroid dienone is 4. The molecule has 4 nitrogen and oxygen atoms in total. The number of hydrogen-bond donors (Lipinski definition) is 0. The fraction of sp³-hybridized carbons (Fsp3) is 0.536. The van der Waals surface area contributed by atoms with Crippen molar-refractivity contribution in [3.8, 4) is 5.75 Å². The van der Waals surface area contributed by atoms with Crippen LogP contribution in [0.25, 0.3) is 0 Å². The van der Waals surface area contributed by atoms with Crippen molar-refractivity contribution in [2.24, 2.45) is 17.3 Å². The van der Waals surface area contributed by atoms with E-state index in [0.29, 0.717) is 37.1 Å². The van der Waals surface area contributed by atoms with Crippen molar-refractivity contribution >= 4 is 5.78 Å². The zero-order valence-corrected chi connectivity index (χ0v) is 20.1. The average Bonchev–Trinajstić information content (AvgIpc) is 3.09. The van der Waals surface area contributed by atoms with Gasteiger partial charge in [-0.05, 0) is 61.3 Å². The van der Waals surface area contributed by atoms with E-state index in [2.05, 4.69) is 40.3 Å². The Labute approximate surface area is 192 Å². The van der Waals surface area contributed by atoms with Crippen LogP contribution < -0.4 is 4.74 Å². The van der Waals surface area contributed by atoms with Crippen LogP contribution in [-0.4, -0.2) is 25.6 Å². The first-order chi connectivity index (χ1) is 15.3. The first-order valence-electron chi connectivity index (χ1n) is 11.8. The molecule has 1 fully saturated rings. The molecule has 0 N–H and O–H groups in total. The van der Waals surface area contributed by atoms with E-state index in [1.54, 1.807) is 7.11 Å². The summed E-state index contributed by atoms with van der Waals surface area (Å²) in [6.45, 7) is 13.5. The van der Waals surface area contributed by atoms with E-state index in [-0.39, 0.29) is 17.8 Å². The van der Waals surface area contributed by atoms with Crippen LogP contribution in [0.5, 0.6) is 5.75 Å². The molecule has 4 heteroatoms. The predicted molar refractivity (Wildman–Crippen MR) is 126 cm³/mol. The Kier molecular flexibility index (Phi) is 6.46. The second-order valence-corrected chi connectivity index (χ2v) is 10.0. The Morgan fingerprint density at radius 3 is 2.59 bits per heavy atom. The molecule has 0 saturated carbocycles. The number of methoxy groups -OCH3 is 1.